The molecule has 0 radical (unpaired) electrons. The van der Waals surface area contributed by atoms with Crippen LogP contribution in [0.1, 0.15) is 57.2 Å². The summed E-state index contributed by atoms with van der Waals surface area (Å²) in [4.78, 5) is 39.9. The average Bonchev–Trinajstić information content (AvgIpc) is 3.12. The van der Waals surface area contributed by atoms with E-state index < -0.39 is 0 Å². The van der Waals surface area contributed by atoms with Gasteiger partial charge in [0.1, 0.15) is 0 Å². The van der Waals surface area contributed by atoms with Crippen LogP contribution in [0.15, 0.2) is 36.4 Å². The van der Waals surface area contributed by atoms with Gasteiger partial charge in [0.2, 0.25) is 5.91 Å². The Morgan fingerprint density at radius 2 is 1.63 bits per heavy atom. The maximum atomic E-state index is 12.3. The molecule has 144 valence electrons. The van der Waals surface area contributed by atoms with E-state index in [1.165, 1.54) is 11.3 Å². The highest BCUT2D eigenvalue weighted by molar-refractivity contribution is 7.14. The molecule has 1 N–H and O–H groups in total. The second kappa shape index (κ2) is 10.0. The molecule has 0 aliphatic carbocycles. The lowest BCUT2D eigenvalue weighted by atomic mass is 10.1. The number of nitrogens with one attached hydrogen (secondary N) is 1. The summed E-state index contributed by atoms with van der Waals surface area (Å²) in [5, 5.41) is 2.82. The molecule has 0 unspecified atom stereocenters. The quantitative estimate of drug-likeness (QED) is 0.666. The summed E-state index contributed by atoms with van der Waals surface area (Å²) in [6, 6.07) is 11.0. The Morgan fingerprint density at radius 3 is 2.19 bits per heavy atom. The average molecular weight is 387 g/mol. The van der Waals surface area contributed by atoms with E-state index in [0.717, 1.165) is 10.4 Å². The summed E-state index contributed by atoms with van der Waals surface area (Å²) in [7, 11) is 0. The van der Waals surface area contributed by atoms with Crippen LogP contribution >= 0.6 is 11.3 Å². The summed E-state index contributed by atoms with van der Waals surface area (Å²) in [6.07, 6.45) is 0.386. The van der Waals surface area contributed by atoms with Crippen molar-refractivity contribution in [2.45, 2.75) is 40.2 Å². The predicted octanol–water partition coefficient (Wildman–Crippen LogP) is 3.82. The van der Waals surface area contributed by atoms with Crippen LogP contribution in [0, 0.1) is 6.92 Å². The summed E-state index contributed by atoms with van der Waals surface area (Å²) in [5.74, 6) is -0.139. The Kier molecular flexibility index (Phi) is 7.73. The zero-order valence-electron chi connectivity index (χ0n) is 16.1. The van der Waals surface area contributed by atoms with Gasteiger partial charge in [-0.1, -0.05) is 12.1 Å². The van der Waals surface area contributed by atoms with Crippen molar-refractivity contribution in [1.82, 2.24) is 10.2 Å². The highest BCUT2D eigenvalue weighted by Crippen LogP contribution is 2.17. The number of ketones is 1. The lowest BCUT2D eigenvalue weighted by Crippen LogP contribution is -2.30. The molecule has 2 aromatic rings. The SMILES string of the molecule is CCN(CC)C(=O)c1ccc(CNC(=O)CCC(=O)c2ccc(C)s2)cc1. The number of benzene rings is 1. The van der Waals surface area contributed by atoms with Crippen molar-refractivity contribution in [3.8, 4) is 0 Å². The molecule has 0 bridgehead atoms. The fourth-order valence-corrected chi connectivity index (χ4v) is 3.52. The summed E-state index contributed by atoms with van der Waals surface area (Å²) in [5.41, 5.74) is 1.56. The molecular weight excluding hydrogens is 360 g/mol. The minimum atomic E-state index is -0.153. The number of aryl methyl sites for hydroxylation is 1. The topological polar surface area (TPSA) is 66.5 Å². The summed E-state index contributed by atoms with van der Waals surface area (Å²) < 4.78 is 0. The van der Waals surface area contributed by atoms with Crippen molar-refractivity contribution < 1.29 is 14.4 Å². The van der Waals surface area contributed by atoms with Gasteiger partial charge in [-0.2, -0.15) is 0 Å². The number of Topliss-reactive ketones (excluding diaryl/α,β-unsaturated/α-hetero) is 1. The maximum Gasteiger partial charge on any atom is 0.253 e. The molecule has 1 heterocycles. The molecule has 5 nitrogen and oxygen atoms in total. The van der Waals surface area contributed by atoms with Gasteiger partial charge in [0.05, 0.1) is 4.88 Å². The second-order valence-electron chi connectivity index (χ2n) is 6.28. The number of carbonyl (C=O) groups excluding carboxylic acids is 3. The standard InChI is InChI=1S/C21H26N2O3S/c1-4-23(5-2)21(26)17-9-7-16(8-10-17)14-22-20(25)13-11-18(24)19-12-6-15(3)27-19/h6-10,12H,4-5,11,13-14H2,1-3H3,(H,22,25). The van der Waals surface area contributed by atoms with Crippen molar-refractivity contribution in [2.24, 2.45) is 0 Å². The van der Waals surface area contributed by atoms with Gasteiger partial charge in [-0.15, -0.1) is 11.3 Å². The van der Waals surface area contributed by atoms with Gasteiger partial charge in [0.25, 0.3) is 5.91 Å². The normalized spacial score (nSPS) is 10.5. The molecular formula is C21H26N2O3S. The van der Waals surface area contributed by atoms with Crippen LogP contribution in [0.4, 0.5) is 0 Å². The van der Waals surface area contributed by atoms with Crippen LogP contribution in [-0.4, -0.2) is 35.6 Å². The summed E-state index contributed by atoms with van der Waals surface area (Å²) in [6.45, 7) is 7.60. The molecule has 6 heteroatoms. The Hall–Kier alpha value is -2.47. The lowest BCUT2D eigenvalue weighted by Gasteiger charge is -2.18. The van der Waals surface area contributed by atoms with Gasteiger partial charge in [-0.05, 0) is 50.6 Å². The van der Waals surface area contributed by atoms with E-state index in [1.54, 1.807) is 23.1 Å². The number of amides is 2. The van der Waals surface area contributed by atoms with Gasteiger partial charge in [-0.25, -0.2) is 0 Å². The fraction of sp³-hybridized carbons (Fsp3) is 0.381. The first-order valence-electron chi connectivity index (χ1n) is 9.19. The molecule has 0 aliphatic heterocycles. The molecule has 27 heavy (non-hydrogen) atoms. The van der Waals surface area contributed by atoms with Crippen molar-refractivity contribution in [2.75, 3.05) is 13.1 Å². The van der Waals surface area contributed by atoms with E-state index in [-0.39, 0.29) is 30.4 Å². The van der Waals surface area contributed by atoms with Crippen molar-refractivity contribution in [1.29, 1.82) is 0 Å². The van der Waals surface area contributed by atoms with Crippen molar-refractivity contribution in [3.63, 3.8) is 0 Å². The van der Waals surface area contributed by atoms with E-state index in [9.17, 15) is 14.4 Å². The van der Waals surface area contributed by atoms with E-state index in [0.29, 0.717) is 30.1 Å². The molecule has 0 aliphatic rings. The third kappa shape index (κ3) is 6.03. The maximum absolute atomic E-state index is 12.3. The molecule has 0 atom stereocenters. The van der Waals surface area contributed by atoms with E-state index >= 15 is 0 Å². The number of thiophene rings is 1. The van der Waals surface area contributed by atoms with E-state index in [1.807, 2.05) is 39.0 Å². The first kappa shape index (κ1) is 20.8. The molecule has 2 rings (SSSR count). The number of rotatable bonds is 9. The van der Waals surface area contributed by atoms with E-state index in [2.05, 4.69) is 5.32 Å². The molecule has 0 fully saturated rings. The van der Waals surface area contributed by atoms with Crippen molar-refractivity contribution in [3.05, 3.63) is 57.3 Å². The highest BCUT2D eigenvalue weighted by Gasteiger charge is 2.13. The third-order valence-electron chi connectivity index (χ3n) is 4.34. The van der Waals surface area contributed by atoms with Crippen molar-refractivity contribution >= 4 is 28.9 Å². The number of hydrogen-bond donors (Lipinski definition) is 1. The number of carbonyl (C=O) groups is 3. The summed E-state index contributed by atoms with van der Waals surface area (Å²) >= 11 is 1.45. The van der Waals surface area contributed by atoms with E-state index in [4.69, 9.17) is 0 Å². The minimum absolute atomic E-state index is 0.00233. The lowest BCUT2D eigenvalue weighted by molar-refractivity contribution is -0.121. The second-order valence-corrected chi connectivity index (χ2v) is 7.57. The highest BCUT2D eigenvalue weighted by atomic mass is 32.1. The van der Waals surface area contributed by atoms with Gasteiger partial charge in [0, 0.05) is 42.9 Å². The Balaban J connectivity index is 1.79. The number of hydrogen-bond acceptors (Lipinski definition) is 4. The Morgan fingerprint density at radius 1 is 0.963 bits per heavy atom. The van der Waals surface area contributed by atoms with Gasteiger partial charge < -0.3 is 10.2 Å². The largest absolute Gasteiger partial charge is 0.352 e. The van der Waals surface area contributed by atoms with Gasteiger partial charge in [-0.3, -0.25) is 14.4 Å². The fourth-order valence-electron chi connectivity index (χ4n) is 2.68. The molecule has 2 amide bonds. The van der Waals surface area contributed by atoms with Crippen LogP contribution in [0.2, 0.25) is 0 Å². The van der Waals surface area contributed by atoms with Gasteiger partial charge in [0.15, 0.2) is 5.78 Å². The molecule has 0 saturated carbocycles. The zero-order valence-corrected chi connectivity index (χ0v) is 16.9. The predicted molar refractivity (Wildman–Crippen MR) is 108 cm³/mol. The minimum Gasteiger partial charge on any atom is -0.352 e. The van der Waals surface area contributed by atoms with Crippen LogP contribution < -0.4 is 5.32 Å². The van der Waals surface area contributed by atoms with Crippen LogP contribution in [-0.2, 0) is 11.3 Å². The molecule has 1 aromatic heterocycles. The van der Waals surface area contributed by atoms with Crippen LogP contribution in [0.25, 0.3) is 0 Å². The monoisotopic (exact) mass is 386 g/mol. The Bertz CT molecular complexity index is 792. The number of nitrogens with zero attached hydrogens (tertiary/aromatic N) is 1. The first-order valence-corrected chi connectivity index (χ1v) is 10.0. The Labute approximate surface area is 164 Å². The van der Waals surface area contributed by atoms with Gasteiger partial charge >= 0.3 is 0 Å². The molecule has 0 spiro atoms. The smallest absolute Gasteiger partial charge is 0.253 e. The molecule has 0 saturated heterocycles. The third-order valence-corrected chi connectivity index (χ3v) is 5.38. The van der Waals surface area contributed by atoms with Crippen LogP contribution in [0.3, 0.4) is 0 Å². The van der Waals surface area contributed by atoms with Crippen LogP contribution in [0.5, 0.6) is 0 Å². The molecule has 1 aromatic carbocycles. The first-order chi connectivity index (χ1) is 12.9. The zero-order chi connectivity index (χ0) is 19.8.